The van der Waals surface area contributed by atoms with E-state index < -0.39 is 10.9 Å². The van der Waals surface area contributed by atoms with Crippen molar-refractivity contribution in [2.24, 2.45) is 0 Å². The van der Waals surface area contributed by atoms with Crippen LogP contribution in [0, 0.1) is 17.0 Å². The number of fused-ring (bicyclic) bond motifs is 1. The summed E-state index contributed by atoms with van der Waals surface area (Å²) >= 11 is 0. The van der Waals surface area contributed by atoms with E-state index >= 15 is 0 Å². The van der Waals surface area contributed by atoms with Crippen molar-refractivity contribution in [1.29, 1.82) is 0 Å². The van der Waals surface area contributed by atoms with Gasteiger partial charge in [-0.05, 0) is 25.5 Å². The molecule has 1 heterocycles. The number of imidazole rings is 1. The fourth-order valence-electron chi connectivity index (χ4n) is 3.10. The number of nitro groups is 1. The number of hydrogen-bond donors (Lipinski definition) is 1. The molecule has 1 unspecified atom stereocenters. The van der Waals surface area contributed by atoms with Crippen LogP contribution in [0.15, 0.2) is 42.5 Å². The first-order valence-corrected chi connectivity index (χ1v) is 8.27. The number of carboxylic acid groups (broad SMARTS) is 1. The zero-order valence-electron chi connectivity index (χ0n) is 14.5. The van der Waals surface area contributed by atoms with Crippen molar-refractivity contribution in [2.45, 2.75) is 32.7 Å². The Hall–Kier alpha value is -3.22. The molecule has 0 aliphatic rings. The number of carboxylic acids is 1. The summed E-state index contributed by atoms with van der Waals surface area (Å²) in [6.07, 6.45) is 0.468. The van der Waals surface area contributed by atoms with Crippen LogP contribution in [0.4, 0.5) is 5.69 Å². The van der Waals surface area contributed by atoms with Gasteiger partial charge >= 0.3 is 5.97 Å². The Balaban J connectivity index is 2.10. The molecular formula is C19H19N3O4. The molecule has 3 rings (SSSR count). The van der Waals surface area contributed by atoms with E-state index in [2.05, 4.69) is 4.98 Å². The van der Waals surface area contributed by atoms with Crippen molar-refractivity contribution in [1.82, 2.24) is 9.55 Å². The molecule has 26 heavy (non-hydrogen) atoms. The van der Waals surface area contributed by atoms with Crippen LogP contribution in [0.3, 0.4) is 0 Å². The largest absolute Gasteiger partial charge is 0.481 e. The summed E-state index contributed by atoms with van der Waals surface area (Å²) in [5, 5.41) is 20.2. The first kappa shape index (κ1) is 17.6. The van der Waals surface area contributed by atoms with Gasteiger partial charge in [0.25, 0.3) is 5.69 Å². The maximum Gasteiger partial charge on any atom is 0.305 e. The minimum absolute atomic E-state index is 0.0325. The summed E-state index contributed by atoms with van der Waals surface area (Å²) in [4.78, 5) is 26.3. The smallest absolute Gasteiger partial charge is 0.305 e. The fourth-order valence-corrected chi connectivity index (χ4v) is 3.10. The van der Waals surface area contributed by atoms with Gasteiger partial charge in [-0.15, -0.1) is 0 Å². The van der Waals surface area contributed by atoms with Crippen LogP contribution < -0.4 is 0 Å². The normalized spacial score (nSPS) is 12.2. The highest BCUT2D eigenvalue weighted by molar-refractivity contribution is 5.79. The highest BCUT2D eigenvalue weighted by atomic mass is 16.6. The fraction of sp³-hybridized carbons (Fsp3) is 0.263. The van der Waals surface area contributed by atoms with Gasteiger partial charge in [0.2, 0.25) is 0 Å². The number of aryl methyl sites for hydroxylation is 1. The van der Waals surface area contributed by atoms with E-state index in [4.69, 9.17) is 5.11 Å². The number of aromatic nitrogens is 2. The molecule has 3 aromatic rings. The summed E-state index contributed by atoms with van der Waals surface area (Å²) in [6.45, 7) is 3.82. The summed E-state index contributed by atoms with van der Waals surface area (Å²) in [7, 11) is 0. The molecule has 1 N–H and O–H groups in total. The molecule has 2 aromatic carbocycles. The Bertz CT molecular complexity index is 976. The molecule has 134 valence electrons. The van der Waals surface area contributed by atoms with Gasteiger partial charge in [0.15, 0.2) is 0 Å². The molecule has 7 heteroatoms. The average Bonchev–Trinajstić information content (AvgIpc) is 2.93. The van der Waals surface area contributed by atoms with Crippen LogP contribution in [0.1, 0.15) is 36.3 Å². The van der Waals surface area contributed by atoms with Crippen molar-refractivity contribution in [3.8, 4) is 0 Å². The topological polar surface area (TPSA) is 98.3 Å². The van der Waals surface area contributed by atoms with Crippen molar-refractivity contribution in [3.05, 3.63) is 69.5 Å². The molecule has 0 aliphatic heterocycles. The first-order chi connectivity index (χ1) is 12.3. The summed E-state index contributed by atoms with van der Waals surface area (Å²) < 4.78 is 1.87. The standard InChI is InChI=1S/C19H19N3O4/c1-12-3-5-14(6-4-12)10-18-20-16-11-15(22(25)26)7-8-17(16)21(18)13(2)9-19(23)24/h3-8,11,13H,9-10H2,1-2H3,(H,23,24). The van der Waals surface area contributed by atoms with Crippen molar-refractivity contribution >= 4 is 22.7 Å². The SMILES string of the molecule is Cc1ccc(Cc2nc3cc([N+](=O)[O-])ccc3n2C(C)CC(=O)O)cc1. The van der Waals surface area contributed by atoms with Gasteiger partial charge in [-0.25, -0.2) is 4.98 Å². The molecule has 1 aromatic heterocycles. The minimum Gasteiger partial charge on any atom is -0.481 e. The average molecular weight is 353 g/mol. The van der Waals surface area contributed by atoms with Gasteiger partial charge in [-0.3, -0.25) is 14.9 Å². The van der Waals surface area contributed by atoms with E-state index in [0.29, 0.717) is 23.3 Å². The number of hydrogen-bond acceptors (Lipinski definition) is 4. The number of aliphatic carboxylic acids is 1. The second-order valence-electron chi connectivity index (χ2n) is 6.44. The third-order valence-corrected chi connectivity index (χ3v) is 4.35. The van der Waals surface area contributed by atoms with E-state index in [1.54, 1.807) is 6.07 Å². The quantitative estimate of drug-likeness (QED) is 0.535. The Morgan fingerprint density at radius 3 is 2.58 bits per heavy atom. The van der Waals surface area contributed by atoms with Crippen LogP contribution in [-0.4, -0.2) is 25.6 Å². The molecule has 0 saturated heterocycles. The minimum atomic E-state index is -0.900. The summed E-state index contributed by atoms with van der Waals surface area (Å²) in [5.74, 6) is -0.208. The van der Waals surface area contributed by atoms with Crippen molar-refractivity contribution < 1.29 is 14.8 Å². The maximum atomic E-state index is 11.2. The van der Waals surface area contributed by atoms with Crippen molar-refractivity contribution in [3.63, 3.8) is 0 Å². The van der Waals surface area contributed by atoms with Crippen LogP contribution in [0.25, 0.3) is 11.0 Å². The summed E-state index contributed by atoms with van der Waals surface area (Å²) in [5.41, 5.74) is 3.36. The Labute approximate surface area is 150 Å². The van der Waals surface area contributed by atoms with Gasteiger partial charge in [0, 0.05) is 24.6 Å². The number of nitro benzene ring substituents is 1. The second-order valence-corrected chi connectivity index (χ2v) is 6.44. The third kappa shape index (κ3) is 3.56. The molecular weight excluding hydrogens is 334 g/mol. The zero-order valence-corrected chi connectivity index (χ0v) is 14.5. The molecule has 0 bridgehead atoms. The molecule has 0 radical (unpaired) electrons. The van der Waals surface area contributed by atoms with E-state index in [0.717, 1.165) is 11.1 Å². The lowest BCUT2D eigenvalue weighted by molar-refractivity contribution is -0.384. The molecule has 0 aliphatic carbocycles. The number of non-ortho nitro benzene ring substituents is 1. The Morgan fingerprint density at radius 2 is 1.96 bits per heavy atom. The lowest BCUT2D eigenvalue weighted by Crippen LogP contribution is -2.13. The third-order valence-electron chi connectivity index (χ3n) is 4.35. The van der Waals surface area contributed by atoms with Gasteiger partial charge in [0.05, 0.1) is 22.4 Å². The number of nitrogens with zero attached hydrogens (tertiary/aromatic N) is 3. The first-order valence-electron chi connectivity index (χ1n) is 8.27. The number of benzene rings is 2. The predicted molar refractivity (Wildman–Crippen MR) is 97.3 cm³/mol. The highest BCUT2D eigenvalue weighted by Gasteiger charge is 2.20. The number of carbonyl (C=O) groups is 1. The summed E-state index contributed by atoms with van der Waals surface area (Å²) in [6, 6.07) is 12.2. The lowest BCUT2D eigenvalue weighted by Gasteiger charge is -2.16. The number of rotatable bonds is 6. The molecule has 0 fully saturated rings. The van der Waals surface area contributed by atoms with Crippen LogP contribution in [-0.2, 0) is 11.2 Å². The predicted octanol–water partition coefficient (Wildman–Crippen LogP) is 3.88. The van der Waals surface area contributed by atoms with E-state index in [1.807, 2.05) is 42.7 Å². The maximum absolute atomic E-state index is 11.2. The van der Waals surface area contributed by atoms with Gasteiger partial charge in [-0.1, -0.05) is 29.8 Å². The lowest BCUT2D eigenvalue weighted by atomic mass is 10.1. The van der Waals surface area contributed by atoms with E-state index in [1.165, 1.54) is 12.1 Å². The van der Waals surface area contributed by atoms with E-state index in [-0.39, 0.29) is 18.2 Å². The van der Waals surface area contributed by atoms with Crippen LogP contribution in [0.5, 0.6) is 0 Å². The Kier molecular flexibility index (Phi) is 4.71. The molecule has 1 atom stereocenters. The van der Waals surface area contributed by atoms with Crippen LogP contribution in [0.2, 0.25) is 0 Å². The highest BCUT2D eigenvalue weighted by Crippen LogP contribution is 2.27. The van der Waals surface area contributed by atoms with Gasteiger partial charge in [0.1, 0.15) is 5.82 Å². The molecule has 0 spiro atoms. The zero-order chi connectivity index (χ0) is 18.8. The van der Waals surface area contributed by atoms with Crippen molar-refractivity contribution in [2.75, 3.05) is 0 Å². The monoisotopic (exact) mass is 353 g/mol. The van der Waals surface area contributed by atoms with Crippen LogP contribution >= 0.6 is 0 Å². The molecule has 0 amide bonds. The molecule has 0 saturated carbocycles. The molecule has 7 nitrogen and oxygen atoms in total. The second kappa shape index (κ2) is 6.95. The van der Waals surface area contributed by atoms with E-state index in [9.17, 15) is 14.9 Å². The van der Waals surface area contributed by atoms with Gasteiger partial charge < -0.3 is 9.67 Å². The Morgan fingerprint density at radius 1 is 1.27 bits per heavy atom. The van der Waals surface area contributed by atoms with Gasteiger partial charge in [-0.2, -0.15) is 0 Å².